The average Bonchev–Trinajstić information content (AvgIpc) is 2.93. The van der Waals surface area contributed by atoms with Crippen molar-refractivity contribution in [3.63, 3.8) is 0 Å². The molecule has 1 saturated heterocycles. The van der Waals surface area contributed by atoms with E-state index >= 15 is 0 Å². The van der Waals surface area contributed by atoms with Crippen LogP contribution in [0.2, 0.25) is 0 Å². The second kappa shape index (κ2) is 6.61. The summed E-state index contributed by atoms with van der Waals surface area (Å²) in [5.41, 5.74) is 7.84. The molecule has 1 aliphatic heterocycles. The van der Waals surface area contributed by atoms with Crippen LogP contribution < -0.4 is 11.1 Å². The van der Waals surface area contributed by atoms with Gasteiger partial charge in [-0.2, -0.15) is 0 Å². The van der Waals surface area contributed by atoms with Gasteiger partial charge in [-0.3, -0.25) is 0 Å². The minimum Gasteiger partial charge on any atom is -0.465 e. The van der Waals surface area contributed by atoms with Gasteiger partial charge in [0.05, 0.1) is 30.2 Å². The minimum absolute atomic E-state index is 0.313. The maximum Gasteiger partial charge on any atom is 0.337 e. The fourth-order valence-electron chi connectivity index (χ4n) is 2.57. The molecule has 0 spiro atoms. The van der Waals surface area contributed by atoms with Gasteiger partial charge in [-0.05, 0) is 31.0 Å². The van der Waals surface area contributed by atoms with Crippen LogP contribution in [-0.4, -0.2) is 32.3 Å². The zero-order valence-corrected chi connectivity index (χ0v) is 12.0. The molecule has 0 radical (unpaired) electrons. The predicted octanol–water partition coefficient (Wildman–Crippen LogP) is 2.28. The molecule has 3 N–H and O–H groups in total. The number of carbonyl (C=O) groups is 1. The topological polar surface area (TPSA) is 73.6 Å². The Bertz CT molecular complexity index is 476. The van der Waals surface area contributed by atoms with E-state index < -0.39 is 0 Å². The molecule has 2 rings (SSSR count). The Morgan fingerprint density at radius 1 is 1.55 bits per heavy atom. The van der Waals surface area contributed by atoms with E-state index in [1.807, 2.05) is 0 Å². The van der Waals surface area contributed by atoms with Gasteiger partial charge in [0.1, 0.15) is 0 Å². The predicted molar refractivity (Wildman–Crippen MR) is 78.8 cm³/mol. The highest BCUT2D eigenvalue weighted by Crippen LogP contribution is 2.26. The fraction of sp³-hybridized carbons (Fsp3) is 0.533. The molecule has 1 fully saturated rings. The number of nitrogen functional groups attached to an aromatic ring is 1. The standard InChI is InChI=1S/C15H22N2O3/c1-3-14-11(6-7-20-14)9-17-13-8-10(15(18)19-2)4-5-12(13)16/h4-5,8,11,14,17H,3,6-7,9,16H2,1-2H3. The first-order valence-electron chi connectivity index (χ1n) is 6.99. The molecule has 2 unspecified atom stereocenters. The number of hydrogen-bond acceptors (Lipinski definition) is 5. The van der Waals surface area contributed by atoms with Crippen molar-refractivity contribution >= 4 is 17.3 Å². The Morgan fingerprint density at radius 3 is 3.05 bits per heavy atom. The number of nitrogens with one attached hydrogen (secondary N) is 1. The average molecular weight is 278 g/mol. The molecule has 1 aromatic rings. The first kappa shape index (κ1) is 14.7. The summed E-state index contributed by atoms with van der Waals surface area (Å²) in [5.74, 6) is 0.130. The first-order valence-corrected chi connectivity index (χ1v) is 6.99. The van der Waals surface area contributed by atoms with Crippen LogP contribution >= 0.6 is 0 Å². The molecule has 1 aromatic carbocycles. The number of nitrogens with two attached hydrogens (primary N) is 1. The third-order valence-corrected chi connectivity index (χ3v) is 3.78. The minimum atomic E-state index is -0.358. The van der Waals surface area contributed by atoms with Gasteiger partial charge in [0.15, 0.2) is 0 Å². The van der Waals surface area contributed by atoms with E-state index in [0.717, 1.165) is 31.7 Å². The third-order valence-electron chi connectivity index (χ3n) is 3.78. The van der Waals surface area contributed by atoms with Crippen molar-refractivity contribution in [1.29, 1.82) is 0 Å². The number of rotatable bonds is 5. The number of ether oxygens (including phenoxy) is 2. The number of anilines is 2. The van der Waals surface area contributed by atoms with E-state index in [9.17, 15) is 4.79 Å². The van der Waals surface area contributed by atoms with Gasteiger partial charge in [0, 0.05) is 19.1 Å². The summed E-state index contributed by atoms with van der Waals surface area (Å²) in [6.45, 7) is 3.76. The number of carbonyl (C=O) groups excluding carboxylic acids is 1. The molecule has 0 bridgehead atoms. The highest BCUT2D eigenvalue weighted by atomic mass is 16.5. The van der Waals surface area contributed by atoms with E-state index in [-0.39, 0.29) is 5.97 Å². The highest BCUT2D eigenvalue weighted by Gasteiger charge is 2.26. The Morgan fingerprint density at radius 2 is 2.35 bits per heavy atom. The lowest BCUT2D eigenvalue weighted by atomic mass is 9.99. The summed E-state index contributed by atoms with van der Waals surface area (Å²) in [6.07, 6.45) is 2.39. The van der Waals surface area contributed by atoms with Crippen LogP contribution in [0, 0.1) is 5.92 Å². The van der Waals surface area contributed by atoms with E-state index in [1.54, 1.807) is 18.2 Å². The van der Waals surface area contributed by atoms with Crippen LogP contribution in [0.25, 0.3) is 0 Å². The number of hydrogen-bond donors (Lipinski definition) is 2. The summed E-state index contributed by atoms with van der Waals surface area (Å²) >= 11 is 0. The van der Waals surface area contributed by atoms with Crippen molar-refractivity contribution in [1.82, 2.24) is 0 Å². The second-order valence-electron chi connectivity index (χ2n) is 5.04. The van der Waals surface area contributed by atoms with Crippen LogP contribution in [0.5, 0.6) is 0 Å². The van der Waals surface area contributed by atoms with Crippen LogP contribution in [0.15, 0.2) is 18.2 Å². The smallest absolute Gasteiger partial charge is 0.337 e. The van der Waals surface area contributed by atoms with E-state index in [1.165, 1.54) is 7.11 Å². The third kappa shape index (κ3) is 3.22. The van der Waals surface area contributed by atoms with E-state index in [2.05, 4.69) is 12.2 Å². The quantitative estimate of drug-likeness (QED) is 0.638. The van der Waals surface area contributed by atoms with Gasteiger partial charge in [0.2, 0.25) is 0 Å². The molecule has 0 aromatic heterocycles. The fourth-order valence-corrected chi connectivity index (χ4v) is 2.57. The van der Waals surface area contributed by atoms with Gasteiger partial charge in [-0.1, -0.05) is 6.92 Å². The Labute approximate surface area is 119 Å². The number of methoxy groups -OCH3 is 1. The van der Waals surface area contributed by atoms with Crippen LogP contribution in [0.1, 0.15) is 30.1 Å². The van der Waals surface area contributed by atoms with E-state index in [0.29, 0.717) is 23.3 Å². The van der Waals surface area contributed by atoms with Crippen LogP contribution in [-0.2, 0) is 9.47 Å². The Hall–Kier alpha value is -1.75. The lowest BCUT2D eigenvalue weighted by molar-refractivity contribution is 0.0601. The first-order chi connectivity index (χ1) is 9.65. The second-order valence-corrected chi connectivity index (χ2v) is 5.04. The molecule has 5 heteroatoms. The molecule has 2 atom stereocenters. The van der Waals surface area contributed by atoms with Gasteiger partial charge in [0.25, 0.3) is 0 Å². The van der Waals surface area contributed by atoms with Gasteiger partial charge >= 0.3 is 5.97 Å². The van der Waals surface area contributed by atoms with Gasteiger partial charge in [-0.15, -0.1) is 0 Å². The molecular formula is C15H22N2O3. The van der Waals surface area contributed by atoms with Crippen molar-refractivity contribution in [3.05, 3.63) is 23.8 Å². The molecule has 20 heavy (non-hydrogen) atoms. The van der Waals surface area contributed by atoms with Crippen molar-refractivity contribution in [2.24, 2.45) is 5.92 Å². The number of benzene rings is 1. The molecule has 0 amide bonds. The maximum atomic E-state index is 11.5. The zero-order valence-electron chi connectivity index (χ0n) is 12.0. The summed E-state index contributed by atoms with van der Waals surface area (Å²) < 4.78 is 10.4. The summed E-state index contributed by atoms with van der Waals surface area (Å²) in [6, 6.07) is 5.12. The van der Waals surface area contributed by atoms with Gasteiger partial charge < -0.3 is 20.5 Å². The molecule has 1 heterocycles. The largest absolute Gasteiger partial charge is 0.465 e. The summed E-state index contributed by atoms with van der Waals surface area (Å²) in [5, 5.41) is 3.33. The van der Waals surface area contributed by atoms with Crippen molar-refractivity contribution in [2.45, 2.75) is 25.9 Å². The number of esters is 1. The summed E-state index contributed by atoms with van der Waals surface area (Å²) in [4.78, 5) is 11.5. The lowest BCUT2D eigenvalue weighted by Crippen LogP contribution is -2.23. The SMILES string of the molecule is CCC1OCCC1CNc1cc(C(=O)OC)ccc1N. The molecule has 110 valence electrons. The maximum absolute atomic E-state index is 11.5. The highest BCUT2D eigenvalue weighted by molar-refractivity contribution is 5.91. The van der Waals surface area contributed by atoms with Gasteiger partial charge in [-0.25, -0.2) is 4.79 Å². The monoisotopic (exact) mass is 278 g/mol. The molecular weight excluding hydrogens is 256 g/mol. The van der Waals surface area contributed by atoms with Crippen LogP contribution in [0.3, 0.4) is 0 Å². The molecule has 0 aliphatic carbocycles. The molecule has 5 nitrogen and oxygen atoms in total. The zero-order chi connectivity index (χ0) is 14.5. The molecule has 0 saturated carbocycles. The van der Waals surface area contributed by atoms with Crippen molar-refractivity contribution in [2.75, 3.05) is 31.3 Å². The van der Waals surface area contributed by atoms with Crippen molar-refractivity contribution < 1.29 is 14.3 Å². The normalized spacial score (nSPS) is 21.7. The van der Waals surface area contributed by atoms with E-state index in [4.69, 9.17) is 15.2 Å². The van der Waals surface area contributed by atoms with Crippen LogP contribution in [0.4, 0.5) is 11.4 Å². The molecule has 1 aliphatic rings. The lowest BCUT2D eigenvalue weighted by Gasteiger charge is -2.19. The van der Waals surface area contributed by atoms with Crippen molar-refractivity contribution in [3.8, 4) is 0 Å². The Kier molecular flexibility index (Phi) is 4.84. The Balaban J connectivity index is 2.03. The summed E-state index contributed by atoms with van der Waals surface area (Å²) in [7, 11) is 1.37.